The largest absolute Gasteiger partial charge is 0.507 e. The minimum Gasteiger partial charge on any atom is -0.507 e. The van der Waals surface area contributed by atoms with Crippen molar-refractivity contribution in [3.05, 3.63) is 154 Å². The van der Waals surface area contributed by atoms with Crippen LogP contribution >= 0.6 is 0 Å². The van der Waals surface area contributed by atoms with Gasteiger partial charge < -0.3 is 31.1 Å². The molecule has 0 atom stereocenters. The SMILES string of the molecule is Cc1cc2c(c(O)c1-c1c(C)cc3c(c1O)/C(=C/Nc1cccc4ccccc14)C(=O)C(O)=C3C(C)C)/C(=C/Nc1cccc3ccccc13)C(=O)C(O)=C2C(C)C. The summed E-state index contributed by atoms with van der Waals surface area (Å²) in [4.78, 5) is 28.2. The number of Topliss-reactive ketones (excluding diaryl/α,β-unsaturated/α-hetero) is 2. The maximum absolute atomic E-state index is 14.1. The van der Waals surface area contributed by atoms with Gasteiger partial charge in [-0.05, 0) is 70.8 Å². The minimum atomic E-state index is -0.655. The van der Waals surface area contributed by atoms with Gasteiger partial charge in [0, 0.05) is 67.9 Å². The summed E-state index contributed by atoms with van der Waals surface area (Å²) >= 11 is 0. The Morgan fingerprint density at radius 1 is 0.500 bits per heavy atom. The number of aromatic hydroxyl groups is 2. The number of phenols is 2. The Kier molecular flexibility index (Phi) is 9.44. The molecule has 2 aliphatic carbocycles. The summed E-state index contributed by atoms with van der Waals surface area (Å²) in [5.41, 5.74) is 5.43. The van der Waals surface area contributed by atoms with Crippen LogP contribution in [0.3, 0.4) is 0 Å². The van der Waals surface area contributed by atoms with Crippen LogP contribution in [0.25, 0.3) is 55.0 Å². The van der Waals surface area contributed by atoms with Crippen molar-refractivity contribution in [2.75, 3.05) is 10.6 Å². The van der Waals surface area contributed by atoms with Crippen LogP contribution in [-0.4, -0.2) is 32.0 Å². The van der Waals surface area contributed by atoms with E-state index in [4.69, 9.17) is 0 Å². The Labute approximate surface area is 336 Å². The van der Waals surface area contributed by atoms with Crippen LogP contribution in [0.15, 0.2) is 121 Å². The third kappa shape index (κ3) is 6.00. The molecule has 6 N–H and O–H groups in total. The molecule has 0 amide bonds. The Balaban J connectivity index is 1.35. The van der Waals surface area contributed by atoms with E-state index in [9.17, 15) is 30.0 Å². The molecule has 8 heteroatoms. The van der Waals surface area contributed by atoms with Crippen molar-refractivity contribution < 1.29 is 30.0 Å². The molecule has 2 aliphatic rings. The van der Waals surface area contributed by atoms with Gasteiger partial charge in [-0.25, -0.2) is 0 Å². The Morgan fingerprint density at radius 3 is 1.24 bits per heavy atom. The molecule has 290 valence electrons. The molecule has 0 aliphatic heterocycles. The van der Waals surface area contributed by atoms with Crippen molar-refractivity contribution in [2.45, 2.75) is 41.5 Å². The van der Waals surface area contributed by atoms with Crippen LogP contribution in [0.5, 0.6) is 11.5 Å². The zero-order chi connectivity index (χ0) is 41.2. The lowest BCUT2D eigenvalue weighted by molar-refractivity contribution is -0.113. The second-order valence-corrected chi connectivity index (χ2v) is 15.6. The second-order valence-electron chi connectivity index (χ2n) is 15.6. The third-order valence-corrected chi connectivity index (χ3v) is 11.3. The van der Waals surface area contributed by atoms with E-state index in [1.807, 2.05) is 125 Å². The van der Waals surface area contributed by atoms with Crippen LogP contribution in [0.2, 0.25) is 0 Å². The number of hydrogen-bond acceptors (Lipinski definition) is 8. The van der Waals surface area contributed by atoms with E-state index in [-0.39, 0.29) is 56.7 Å². The van der Waals surface area contributed by atoms with Gasteiger partial charge in [0.1, 0.15) is 11.5 Å². The molecule has 6 aromatic carbocycles. The molecule has 8 rings (SSSR count). The fourth-order valence-corrected chi connectivity index (χ4v) is 8.63. The summed E-state index contributed by atoms with van der Waals surface area (Å²) in [5.74, 6) is -3.18. The van der Waals surface area contributed by atoms with Crippen molar-refractivity contribution >= 4 is 66.8 Å². The van der Waals surface area contributed by atoms with E-state index in [1.165, 1.54) is 12.4 Å². The first-order chi connectivity index (χ1) is 27.8. The smallest absolute Gasteiger partial charge is 0.229 e. The van der Waals surface area contributed by atoms with E-state index in [1.54, 1.807) is 13.8 Å². The summed E-state index contributed by atoms with van der Waals surface area (Å²) < 4.78 is 0. The van der Waals surface area contributed by atoms with Crippen LogP contribution in [0.4, 0.5) is 11.4 Å². The first-order valence-electron chi connectivity index (χ1n) is 19.4. The third-order valence-electron chi connectivity index (χ3n) is 11.3. The van der Waals surface area contributed by atoms with Gasteiger partial charge in [-0.15, -0.1) is 0 Å². The van der Waals surface area contributed by atoms with Gasteiger partial charge in [0.2, 0.25) is 11.6 Å². The van der Waals surface area contributed by atoms with Gasteiger partial charge in [0.15, 0.2) is 11.5 Å². The highest BCUT2D eigenvalue weighted by atomic mass is 16.3. The predicted octanol–water partition coefficient (Wildman–Crippen LogP) is 11.6. The average molecular weight is 769 g/mol. The van der Waals surface area contributed by atoms with Crippen LogP contribution in [0.1, 0.15) is 61.1 Å². The van der Waals surface area contributed by atoms with Crippen LogP contribution < -0.4 is 10.6 Å². The first-order valence-corrected chi connectivity index (χ1v) is 19.4. The van der Waals surface area contributed by atoms with E-state index in [0.29, 0.717) is 33.4 Å². The number of carbonyl (C=O) groups excluding carboxylic acids is 2. The van der Waals surface area contributed by atoms with Crippen molar-refractivity contribution in [3.63, 3.8) is 0 Å². The minimum absolute atomic E-state index is 0.0451. The fourth-order valence-electron chi connectivity index (χ4n) is 8.63. The maximum atomic E-state index is 14.1. The Morgan fingerprint density at radius 2 is 0.862 bits per heavy atom. The molecular formula is C50H44N2O6. The number of rotatable bonds is 7. The van der Waals surface area contributed by atoms with Gasteiger partial charge in [0.25, 0.3) is 0 Å². The Hall–Kier alpha value is -7.06. The summed E-state index contributed by atoms with van der Waals surface area (Å²) in [7, 11) is 0. The predicted molar refractivity (Wildman–Crippen MR) is 235 cm³/mol. The molecule has 58 heavy (non-hydrogen) atoms. The van der Waals surface area contributed by atoms with Gasteiger partial charge in [-0.3, -0.25) is 9.59 Å². The van der Waals surface area contributed by atoms with Crippen LogP contribution in [0, 0.1) is 25.7 Å². The quantitative estimate of drug-likeness (QED) is 0.0883. The lowest BCUT2D eigenvalue weighted by Crippen LogP contribution is -2.20. The summed E-state index contributed by atoms with van der Waals surface area (Å²) in [6, 6.07) is 30.8. The van der Waals surface area contributed by atoms with E-state index >= 15 is 0 Å². The molecule has 0 saturated heterocycles. The summed E-state index contributed by atoms with van der Waals surface area (Å²) in [6.07, 6.45) is 3.02. The van der Waals surface area contributed by atoms with E-state index < -0.39 is 23.1 Å². The van der Waals surface area contributed by atoms with Gasteiger partial charge >= 0.3 is 0 Å². The topological polar surface area (TPSA) is 139 Å². The number of hydrogen-bond donors (Lipinski definition) is 6. The second kappa shape index (κ2) is 14.5. The average Bonchev–Trinajstić information content (AvgIpc) is 3.19. The number of ketones is 2. The van der Waals surface area contributed by atoms with Crippen molar-refractivity contribution in [1.29, 1.82) is 0 Å². The van der Waals surface area contributed by atoms with Crippen LogP contribution in [-0.2, 0) is 9.59 Å². The number of benzene rings is 6. The van der Waals surface area contributed by atoms with Gasteiger partial charge in [0.05, 0.1) is 11.1 Å². The molecule has 8 nitrogen and oxygen atoms in total. The number of aliphatic hydroxyl groups is 2. The zero-order valence-corrected chi connectivity index (χ0v) is 33.2. The van der Waals surface area contributed by atoms with Crippen molar-refractivity contribution in [3.8, 4) is 22.6 Å². The van der Waals surface area contributed by atoms with E-state index in [2.05, 4.69) is 10.6 Å². The number of nitrogens with one attached hydrogen (secondary N) is 2. The summed E-state index contributed by atoms with van der Waals surface area (Å²) in [5, 5.41) is 58.2. The lowest BCUT2D eigenvalue weighted by Gasteiger charge is -2.29. The van der Waals surface area contributed by atoms with Gasteiger partial charge in [-0.2, -0.15) is 0 Å². The molecule has 0 unspecified atom stereocenters. The molecule has 0 heterocycles. The highest BCUT2D eigenvalue weighted by molar-refractivity contribution is 6.35. The number of fused-ring (bicyclic) bond motifs is 4. The standard InChI is InChI=1S/C50H44N2O6/c1-25(2)39-33-21-27(5)41(47(55)43(33)35(45(53)49(39)57)23-51-37-19-11-15-29-13-7-9-17-31(29)37)42-28(6)22-34-40(26(3)4)50(58)46(54)36(44(34)48(42)56)24-52-38-20-12-16-30-14-8-10-18-32(30)38/h7-26,51-52,55-58H,1-6H3/b35-23-,36-24-. The van der Waals surface area contributed by atoms with Gasteiger partial charge in [-0.1, -0.05) is 113 Å². The molecule has 0 spiro atoms. The number of phenolic OH excluding ortho intramolecular Hbond substituents is 2. The monoisotopic (exact) mass is 768 g/mol. The lowest BCUT2D eigenvalue weighted by atomic mass is 9.75. The molecule has 0 radical (unpaired) electrons. The number of carbonyl (C=O) groups is 2. The normalized spacial score (nSPS) is 15.7. The molecular weight excluding hydrogens is 725 g/mol. The molecule has 6 aromatic rings. The molecule has 0 fully saturated rings. The number of allylic oxidation sites excluding steroid dienone is 4. The first kappa shape index (κ1) is 37.8. The van der Waals surface area contributed by atoms with E-state index in [0.717, 1.165) is 32.9 Å². The van der Waals surface area contributed by atoms with Crippen molar-refractivity contribution in [2.24, 2.45) is 11.8 Å². The summed E-state index contributed by atoms with van der Waals surface area (Å²) in [6.45, 7) is 11.1. The molecule has 0 bridgehead atoms. The maximum Gasteiger partial charge on any atom is 0.229 e. The van der Waals surface area contributed by atoms with Crippen molar-refractivity contribution in [1.82, 2.24) is 0 Å². The highest BCUT2D eigenvalue weighted by Gasteiger charge is 2.38. The number of aryl methyl sites for hydroxylation is 2. The Bertz CT molecular complexity index is 2680. The fraction of sp³-hybridized carbons (Fsp3) is 0.160. The highest BCUT2D eigenvalue weighted by Crippen LogP contribution is 2.53. The molecule has 0 aromatic heterocycles. The molecule has 0 saturated carbocycles. The number of aliphatic hydroxyl groups excluding tert-OH is 2. The zero-order valence-electron chi connectivity index (χ0n) is 33.2. The number of anilines is 2.